The molecule has 1 atom stereocenters. The molecule has 0 saturated heterocycles. The highest BCUT2D eigenvalue weighted by molar-refractivity contribution is 9.10. The Morgan fingerprint density at radius 1 is 1.21 bits per heavy atom. The first-order valence-electron chi connectivity index (χ1n) is 6.13. The smallest absolute Gasteiger partial charge is 0.121 e. The SMILES string of the molecule is COc1ccc(C(Cl)Cc2cccc(Br)c2)cc1C. The van der Waals surface area contributed by atoms with E-state index in [1.807, 2.05) is 31.2 Å². The second-order valence-corrected chi connectivity index (χ2v) is 5.97. The maximum Gasteiger partial charge on any atom is 0.121 e. The van der Waals surface area contributed by atoms with Crippen LogP contribution in [0.15, 0.2) is 46.9 Å². The molecule has 0 saturated carbocycles. The van der Waals surface area contributed by atoms with E-state index in [2.05, 4.69) is 34.1 Å². The van der Waals surface area contributed by atoms with Crippen molar-refractivity contribution in [3.63, 3.8) is 0 Å². The number of aryl methyl sites for hydroxylation is 1. The van der Waals surface area contributed by atoms with Gasteiger partial charge in [-0.05, 0) is 48.2 Å². The lowest BCUT2D eigenvalue weighted by Crippen LogP contribution is -1.97. The van der Waals surface area contributed by atoms with Gasteiger partial charge in [-0.1, -0.05) is 40.2 Å². The quantitative estimate of drug-likeness (QED) is 0.688. The number of alkyl halides is 1. The minimum atomic E-state index is -0.0288. The fraction of sp³-hybridized carbons (Fsp3) is 0.250. The molecule has 0 N–H and O–H groups in total. The Balaban J connectivity index is 2.15. The molecule has 0 amide bonds. The highest BCUT2D eigenvalue weighted by Crippen LogP contribution is 2.29. The van der Waals surface area contributed by atoms with Crippen LogP contribution in [-0.4, -0.2) is 7.11 Å². The zero-order valence-electron chi connectivity index (χ0n) is 11.0. The van der Waals surface area contributed by atoms with Gasteiger partial charge in [0.15, 0.2) is 0 Å². The fourth-order valence-electron chi connectivity index (χ4n) is 2.09. The van der Waals surface area contributed by atoms with Gasteiger partial charge in [0.1, 0.15) is 5.75 Å². The Morgan fingerprint density at radius 3 is 2.63 bits per heavy atom. The van der Waals surface area contributed by atoms with E-state index in [1.165, 1.54) is 5.56 Å². The summed E-state index contributed by atoms with van der Waals surface area (Å²) >= 11 is 9.98. The van der Waals surface area contributed by atoms with Crippen molar-refractivity contribution in [1.29, 1.82) is 0 Å². The average molecular weight is 340 g/mol. The molecule has 0 aliphatic carbocycles. The first-order valence-corrected chi connectivity index (χ1v) is 7.36. The predicted octanol–water partition coefficient (Wildman–Crippen LogP) is 5.29. The van der Waals surface area contributed by atoms with Crippen LogP contribution in [0.1, 0.15) is 22.1 Å². The lowest BCUT2D eigenvalue weighted by Gasteiger charge is -2.13. The largest absolute Gasteiger partial charge is 0.496 e. The van der Waals surface area contributed by atoms with E-state index in [0.29, 0.717) is 0 Å². The number of hydrogen-bond acceptors (Lipinski definition) is 1. The molecule has 0 heterocycles. The minimum Gasteiger partial charge on any atom is -0.496 e. The summed E-state index contributed by atoms with van der Waals surface area (Å²) in [6.45, 7) is 2.03. The molecular weight excluding hydrogens is 324 g/mol. The molecule has 2 aromatic rings. The van der Waals surface area contributed by atoms with E-state index in [-0.39, 0.29) is 5.38 Å². The van der Waals surface area contributed by atoms with Crippen molar-refractivity contribution < 1.29 is 4.74 Å². The summed E-state index contributed by atoms with van der Waals surface area (Å²) < 4.78 is 6.35. The van der Waals surface area contributed by atoms with E-state index in [9.17, 15) is 0 Å². The van der Waals surface area contributed by atoms with Crippen LogP contribution in [-0.2, 0) is 6.42 Å². The van der Waals surface area contributed by atoms with Gasteiger partial charge in [0.05, 0.1) is 12.5 Å². The van der Waals surface area contributed by atoms with E-state index in [0.717, 1.165) is 27.8 Å². The second-order valence-electron chi connectivity index (χ2n) is 4.53. The second kappa shape index (κ2) is 6.44. The van der Waals surface area contributed by atoms with Crippen LogP contribution in [0.5, 0.6) is 5.75 Å². The minimum absolute atomic E-state index is 0.0288. The Hall–Kier alpha value is -0.990. The lowest BCUT2D eigenvalue weighted by atomic mass is 10.0. The zero-order valence-corrected chi connectivity index (χ0v) is 13.3. The summed E-state index contributed by atoms with van der Waals surface area (Å²) in [5, 5.41) is -0.0288. The first-order chi connectivity index (χ1) is 9.10. The van der Waals surface area contributed by atoms with Crippen molar-refractivity contribution in [2.75, 3.05) is 7.11 Å². The van der Waals surface area contributed by atoms with E-state index in [1.54, 1.807) is 7.11 Å². The standard InChI is InChI=1S/C16H16BrClO/c1-11-8-13(6-7-16(11)19-2)15(18)10-12-4-3-5-14(17)9-12/h3-9,15H,10H2,1-2H3. The molecule has 1 nitrogen and oxygen atoms in total. The summed E-state index contributed by atoms with van der Waals surface area (Å²) in [6.07, 6.45) is 0.812. The van der Waals surface area contributed by atoms with Crippen molar-refractivity contribution in [3.8, 4) is 5.75 Å². The number of benzene rings is 2. The van der Waals surface area contributed by atoms with Gasteiger partial charge in [-0.2, -0.15) is 0 Å². The van der Waals surface area contributed by atoms with Crippen molar-refractivity contribution in [2.24, 2.45) is 0 Å². The third-order valence-electron chi connectivity index (χ3n) is 3.08. The molecule has 0 aliphatic heterocycles. The van der Waals surface area contributed by atoms with Gasteiger partial charge in [0.25, 0.3) is 0 Å². The van der Waals surface area contributed by atoms with Gasteiger partial charge >= 0.3 is 0 Å². The number of methoxy groups -OCH3 is 1. The Morgan fingerprint density at radius 2 is 2.00 bits per heavy atom. The zero-order chi connectivity index (χ0) is 13.8. The monoisotopic (exact) mass is 338 g/mol. The van der Waals surface area contributed by atoms with Crippen molar-refractivity contribution in [2.45, 2.75) is 18.7 Å². The summed E-state index contributed by atoms with van der Waals surface area (Å²) in [7, 11) is 1.68. The highest BCUT2D eigenvalue weighted by Gasteiger charge is 2.11. The maximum atomic E-state index is 6.50. The van der Waals surface area contributed by atoms with Crippen LogP contribution in [0.25, 0.3) is 0 Å². The van der Waals surface area contributed by atoms with Gasteiger partial charge in [0, 0.05) is 4.47 Å². The highest BCUT2D eigenvalue weighted by atomic mass is 79.9. The summed E-state index contributed by atoms with van der Waals surface area (Å²) in [6, 6.07) is 14.3. The molecule has 100 valence electrons. The van der Waals surface area contributed by atoms with Crippen LogP contribution in [0, 0.1) is 6.92 Å². The number of hydrogen-bond donors (Lipinski definition) is 0. The first kappa shape index (κ1) is 14.4. The summed E-state index contributed by atoms with van der Waals surface area (Å²) in [5.41, 5.74) is 3.46. The Kier molecular flexibility index (Phi) is 4.89. The maximum absolute atomic E-state index is 6.50. The van der Waals surface area contributed by atoms with Gasteiger partial charge < -0.3 is 4.74 Å². The Labute approximate surface area is 127 Å². The summed E-state index contributed by atoms with van der Waals surface area (Å²) in [5.74, 6) is 0.898. The molecule has 2 aromatic carbocycles. The van der Waals surface area contributed by atoms with Gasteiger partial charge in [-0.15, -0.1) is 11.6 Å². The molecule has 0 bridgehead atoms. The molecule has 0 spiro atoms. The van der Waals surface area contributed by atoms with Crippen molar-refractivity contribution in [3.05, 3.63) is 63.6 Å². The van der Waals surface area contributed by atoms with Crippen LogP contribution in [0.3, 0.4) is 0 Å². The molecule has 0 aliphatic rings. The number of rotatable bonds is 4. The van der Waals surface area contributed by atoms with Gasteiger partial charge in [0.2, 0.25) is 0 Å². The van der Waals surface area contributed by atoms with Crippen LogP contribution in [0.4, 0.5) is 0 Å². The lowest BCUT2D eigenvalue weighted by molar-refractivity contribution is 0.411. The van der Waals surface area contributed by atoms with E-state index < -0.39 is 0 Å². The average Bonchev–Trinajstić information content (AvgIpc) is 2.38. The molecule has 19 heavy (non-hydrogen) atoms. The predicted molar refractivity (Wildman–Crippen MR) is 84.2 cm³/mol. The number of halogens is 2. The topological polar surface area (TPSA) is 9.23 Å². The molecule has 0 radical (unpaired) electrons. The molecular formula is C16H16BrClO. The molecule has 0 fully saturated rings. The third-order valence-corrected chi connectivity index (χ3v) is 3.98. The molecule has 0 aromatic heterocycles. The molecule has 1 unspecified atom stereocenters. The van der Waals surface area contributed by atoms with E-state index in [4.69, 9.17) is 16.3 Å². The van der Waals surface area contributed by atoms with Gasteiger partial charge in [-0.25, -0.2) is 0 Å². The molecule has 3 heteroatoms. The fourth-order valence-corrected chi connectivity index (χ4v) is 2.85. The molecule has 2 rings (SSSR count). The van der Waals surface area contributed by atoms with Crippen molar-refractivity contribution >= 4 is 27.5 Å². The van der Waals surface area contributed by atoms with E-state index >= 15 is 0 Å². The number of ether oxygens (including phenoxy) is 1. The van der Waals surface area contributed by atoms with Crippen LogP contribution in [0.2, 0.25) is 0 Å². The van der Waals surface area contributed by atoms with Crippen molar-refractivity contribution in [1.82, 2.24) is 0 Å². The Bertz CT molecular complexity index is 568. The van der Waals surface area contributed by atoms with Crippen LogP contribution >= 0.6 is 27.5 Å². The van der Waals surface area contributed by atoms with Crippen LogP contribution < -0.4 is 4.74 Å². The van der Waals surface area contributed by atoms with Gasteiger partial charge in [-0.3, -0.25) is 0 Å². The summed E-state index contributed by atoms with van der Waals surface area (Å²) in [4.78, 5) is 0. The third kappa shape index (κ3) is 3.74. The normalized spacial score (nSPS) is 12.2.